The van der Waals surface area contributed by atoms with Crippen LogP contribution < -0.4 is 15.0 Å². The number of hydrogen-bond donors (Lipinski definition) is 2. The van der Waals surface area contributed by atoms with E-state index in [1.54, 1.807) is 51.5 Å². The molecular weight excluding hydrogens is 366 g/mol. The predicted molar refractivity (Wildman–Crippen MR) is 107 cm³/mol. The van der Waals surface area contributed by atoms with E-state index in [1.807, 2.05) is 19.2 Å². The Morgan fingerprint density at radius 2 is 1.81 bits per heavy atom. The summed E-state index contributed by atoms with van der Waals surface area (Å²) in [6.45, 7) is 0.890. The Bertz CT molecular complexity index is 807. The molecule has 2 N–H and O–H groups in total. The lowest BCUT2D eigenvalue weighted by molar-refractivity contribution is -0.885. The first-order valence-electron chi connectivity index (χ1n) is 8.55. The van der Waals surface area contributed by atoms with Gasteiger partial charge in [-0.15, -0.1) is 0 Å². The molecule has 0 radical (unpaired) electrons. The SMILES string of the molecule is COc1ccc(Cl)cc1C[NH+](C)CC(=O)Nc1ccc(C(=O)N(C)C)cc1. The molecule has 0 aliphatic heterocycles. The smallest absolute Gasteiger partial charge is 0.279 e. The number of hydrogen-bond acceptors (Lipinski definition) is 3. The zero-order valence-electron chi connectivity index (χ0n) is 16.0. The fourth-order valence-corrected chi connectivity index (χ4v) is 2.90. The van der Waals surface area contributed by atoms with Crippen LogP contribution in [0.4, 0.5) is 5.69 Å². The van der Waals surface area contributed by atoms with Gasteiger partial charge in [-0.05, 0) is 42.5 Å². The highest BCUT2D eigenvalue weighted by atomic mass is 35.5. The lowest BCUT2D eigenvalue weighted by Crippen LogP contribution is -3.08. The second kappa shape index (κ2) is 9.39. The van der Waals surface area contributed by atoms with E-state index < -0.39 is 0 Å². The Morgan fingerprint density at radius 1 is 1.15 bits per heavy atom. The maximum atomic E-state index is 12.3. The molecule has 7 heteroatoms. The van der Waals surface area contributed by atoms with Crippen molar-refractivity contribution >= 4 is 29.1 Å². The summed E-state index contributed by atoms with van der Waals surface area (Å²) < 4.78 is 5.35. The molecule has 6 nitrogen and oxygen atoms in total. The summed E-state index contributed by atoms with van der Waals surface area (Å²) in [5, 5.41) is 3.49. The number of quaternary nitrogens is 1. The minimum Gasteiger partial charge on any atom is -0.496 e. The molecule has 1 unspecified atom stereocenters. The third-order valence-corrected chi connectivity index (χ3v) is 4.25. The zero-order valence-corrected chi connectivity index (χ0v) is 16.8. The molecule has 1 atom stereocenters. The lowest BCUT2D eigenvalue weighted by Gasteiger charge is -2.16. The third-order valence-electron chi connectivity index (χ3n) is 4.02. The minimum atomic E-state index is -0.111. The second-order valence-corrected chi connectivity index (χ2v) is 7.03. The number of halogens is 1. The standard InChI is InChI=1S/C20H24ClN3O3/c1-23(2)20(26)14-5-8-17(9-6-14)22-19(25)13-24(3)12-15-11-16(21)7-10-18(15)27-4/h5-11H,12-13H2,1-4H3,(H,22,25)/p+1. The third kappa shape index (κ3) is 5.98. The summed E-state index contributed by atoms with van der Waals surface area (Å²) in [4.78, 5) is 26.7. The fourth-order valence-electron chi connectivity index (χ4n) is 2.71. The van der Waals surface area contributed by atoms with E-state index in [-0.39, 0.29) is 18.4 Å². The van der Waals surface area contributed by atoms with Crippen LogP contribution in [0.5, 0.6) is 5.75 Å². The molecule has 2 rings (SSSR count). The van der Waals surface area contributed by atoms with Crippen molar-refractivity contribution in [2.45, 2.75) is 6.54 Å². The summed E-state index contributed by atoms with van der Waals surface area (Å²) >= 11 is 6.05. The number of anilines is 1. The molecule has 0 aromatic heterocycles. The number of rotatable bonds is 7. The average Bonchev–Trinajstić information content (AvgIpc) is 2.61. The van der Waals surface area contributed by atoms with Crippen molar-refractivity contribution in [2.75, 3.05) is 40.1 Å². The number of likely N-dealkylation sites (N-methyl/N-ethyl adjacent to an activating group) is 1. The van der Waals surface area contributed by atoms with Gasteiger partial charge >= 0.3 is 0 Å². The van der Waals surface area contributed by atoms with Crippen LogP contribution in [-0.2, 0) is 11.3 Å². The minimum absolute atomic E-state index is 0.0764. The normalized spacial score (nSPS) is 11.6. The number of carbonyl (C=O) groups is 2. The van der Waals surface area contributed by atoms with Crippen LogP contribution in [0, 0.1) is 0 Å². The van der Waals surface area contributed by atoms with Crippen molar-refractivity contribution < 1.29 is 19.2 Å². The van der Waals surface area contributed by atoms with E-state index in [2.05, 4.69) is 5.32 Å². The van der Waals surface area contributed by atoms with E-state index in [1.165, 1.54) is 4.90 Å². The van der Waals surface area contributed by atoms with Gasteiger partial charge < -0.3 is 19.9 Å². The van der Waals surface area contributed by atoms with Crippen molar-refractivity contribution in [2.24, 2.45) is 0 Å². The topological polar surface area (TPSA) is 63.1 Å². The van der Waals surface area contributed by atoms with Gasteiger partial charge in [-0.25, -0.2) is 0 Å². The Balaban J connectivity index is 1.93. The van der Waals surface area contributed by atoms with Crippen molar-refractivity contribution in [1.29, 1.82) is 0 Å². The molecule has 0 aliphatic carbocycles. The molecule has 0 bridgehead atoms. The largest absolute Gasteiger partial charge is 0.496 e. The van der Waals surface area contributed by atoms with Gasteiger partial charge in [0.15, 0.2) is 6.54 Å². The Hall–Kier alpha value is -2.57. The van der Waals surface area contributed by atoms with E-state index >= 15 is 0 Å². The van der Waals surface area contributed by atoms with Gasteiger partial charge in [-0.2, -0.15) is 0 Å². The van der Waals surface area contributed by atoms with Crippen LogP contribution in [0.2, 0.25) is 5.02 Å². The van der Waals surface area contributed by atoms with E-state index in [0.29, 0.717) is 22.8 Å². The van der Waals surface area contributed by atoms with Crippen LogP contribution in [0.15, 0.2) is 42.5 Å². The zero-order chi connectivity index (χ0) is 20.0. The van der Waals surface area contributed by atoms with Gasteiger partial charge in [-0.3, -0.25) is 9.59 Å². The number of nitrogens with zero attached hydrogens (tertiary/aromatic N) is 1. The van der Waals surface area contributed by atoms with Gasteiger partial charge in [0.1, 0.15) is 12.3 Å². The number of nitrogens with one attached hydrogen (secondary N) is 2. The fraction of sp³-hybridized carbons (Fsp3) is 0.300. The average molecular weight is 391 g/mol. The maximum Gasteiger partial charge on any atom is 0.279 e. The van der Waals surface area contributed by atoms with E-state index in [0.717, 1.165) is 16.2 Å². The van der Waals surface area contributed by atoms with Crippen LogP contribution in [0.3, 0.4) is 0 Å². The summed E-state index contributed by atoms with van der Waals surface area (Å²) in [6, 6.07) is 12.3. The van der Waals surface area contributed by atoms with Crippen molar-refractivity contribution in [3.05, 3.63) is 58.6 Å². The van der Waals surface area contributed by atoms with Gasteiger partial charge in [0.05, 0.1) is 14.2 Å². The summed E-state index contributed by atoms with van der Waals surface area (Å²) in [5.41, 5.74) is 2.18. The lowest BCUT2D eigenvalue weighted by atomic mass is 10.2. The van der Waals surface area contributed by atoms with Crippen LogP contribution in [-0.4, -0.2) is 51.5 Å². The number of ether oxygens (including phenoxy) is 1. The molecular formula is C20H25ClN3O3+. The van der Waals surface area contributed by atoms with Crippen molar-refractivity contribution in [3.8, 4) is 5.75 Å². The summed E-state index contributed by atoms with van der Waals surface area (Å²) in [6.07, 6.45) is 0. The van der Waals surface area contributed by atoms with Crippen molar-refractivity contribution in [3.63, 3.8) is 0 Å². The first-order chi connectivity index (χ1) is 12.8. The molecule has 2 amide bonds. The molecule has 2 aromatic carbocycles. The first-order valence-corrected chi connectivity index (χ1v) is 8.93. The first kappa shape index (κ1) is 20.7. The van der Waals surface area contributed by atoms with Crippen molar-refractivity contribution in [1.82, 2.24) is 4.90 Å². The van der Waals surface area contributed by atoms with Gasteiger partial charge in [0.25, 0.3) is 11.8 Å². The van der Waals surface area contributed by atoms with Crippen LogP contribution >= 0.6 is 11.6 Å². The molecule has 27 heavy (non-hydrogen) atoms. The van der Waals surface area contributed by atoms with Crippen LogP contribution in [0.25, 0.3) is 0 Å². The molecule has 0 spiro atoms. The predicted octanol–water partition coefficient (Wildman–Crippen LogP) is 1.70. The molecule has 0 fully saturated rings. The maximum absolute atomic E-state index is 12.3. The number of methoxy groups -OCH3 is 1. The highest BCUT2D eigenvalue weighted by molar-refractivity contribution is 6.30. The second-order valence-electron chi connectivity index (χ2n) is 6.59. The number of amides is 2. The molecule has 0 aliphatic rings. The highest BCUT2D eigenvalue weighted by Crippen LogP contribution is 2.21. The van der Waals surface area contributed by atoms with Gasteiger partial charge in [-0.1, -0.05) is 11.6 Å². The molecule has 0 saturated carbocycles. The molecule has 2 aromatic rings. The Labute approximate surface area is 164 Å². The number of benzene rings is 2. The molecule has 0 saturated heterocycles. The Morgan fingerprint density at radius 3 is 2.41 bits per heavy atom. The molecule has 144 valence electrons. The van der Waals surface area contributed by atoms with Crippen LogP contribution in [0.1, 0.15) is 15.9 Å². The number of carbonyl (C=O) groups excluding carboxylic acids is 2. The Kier molecular flexibility index (Phi) is 7.21. The summed E-state index contributed by atoms with van der Waals surface area (Å²) in [5.74, 6) is 0.563. The molecule has 0 heterocycles. The quantitative estimate of drug-likeness (QED) is 0.756. The summed E-state index contributed by atoms with van der Waals surface area (Å²) in [7, 11) is 6.94. The monoisotopic (exact) mass is 390 g/mol. The van der Waals surface area contributed by atoms with E-state index in [4.69, 9.17) is 16.3 Å². The van der Waals surface area contributed by atoms with Gasteiger partial charge in [0, 0.05) is 35.9 Å². The van der Waals surface area contributed by atoms with Gasteiger partial charge in [0.2, 0.25) is 0 Å². The van der Waals surface area contributed by atoms with E-state index in [9.17, 15) is 9.59 Å². The highest BCUT2D eigenvalue weighted by Gasteiger charge is 2.14.